The van der Waals surface area contributed by atoms with E-state index >= 15 is 0 Å². The van der Waals surface area contributed by atoms with Crippen LogP contribution in [0.1, 0.15) is 30.9 Å². The highest BCUT2D eigenvalue weighted by Crippen LogP contribution is 2.34. The van der Waals surface area contributed by atoms with Crippen molar-refractivity contribution in [1.82, 2.24) is 13.9 Å². The molecule has 1 aromatic carbocycles. The summed E-state index contributed by atoms with van der Waals surface area (Å²) in [6.07, 6.45) is 2.47. The van der Waals surface area contributed by atoms with Crippen LogP contribution in [0.2, 0.25) is 0 Å². The minimum absolute atomic E-state index is 0.106. The van der Waals surface area contributed by atoms with Crippen LogP contribution in [0.3, 0.4) is 0 Å². The molecular formula is C22H22F3N3O2S. The van der Waals surface area contributed by atoms with Crippen molar-refractivity contribution in [1.29, 1.82) is 0 Å². The van der Waals surface area contributed by atoms with Gasteiger partial charge < -0.3 is 4.57 Å². The number of aromatic nitrogens is 2. The van der Waals surface area contributed by atoms with Gasteiger partial charge in [0.05, 0.1) is 10.5 Å². The standard InChI is InChI=1S/C22H22F3N3O2S/c1-2-11-27-15-20(19-7-4-10-26-21(19)27)16-8-12-28(13-9-16)31(29,30)18-6-3-5-17(14-18)22(23,24)25/h3-8,10,14-15H,2,9,11-13H2,1H3. The molecule has 31 heavy (non-hydrogen) atoms. The summed E-state index contributed by atoms with van der Waals surface area (Å²) in [5, 5.41) is 1.01. The minimum atomic E-state index is -4.60. The van der Waals surface area contributed by atoms with E-state index in [1.807, 2.05) is 24.4 Å². The maximum Gasteiger partial charge on any atom is 0.416 e. The number of alkyl halides is 3. The lowest BCUT2D eigenvalue weighted by Crippen LogP contribution is -2.34. The van der Waals surface area contributed by atoms with Crippen LogP contribution in [-0.4, -0.2) is 35.4 Å². The zero-order chi connectivity index (χ0) is 22.2. The number of rotatable bonds is 5. The summed E-state index contributed by atoms with van der Waals surface area (Å²) >= 11 is 0. The van der Waals surface area contributed by atoms with Gasteiger partial charge in [0.2, 0.25) is 10.0 Å². The third kappa shape index (κ3) is 4.12. The molecule has 1 aliphatic rings. The Labute approximate surface area is 178 Å². The summed E-state index contributed by atoms with van der Waals surface area (Å²) in [6, 6.07) is 7.75. The van der Waals surface area contributed by atoms with Crippen molar-refractivity contribution in [3.05, 3.63) is 66.0 Å². The second-order valence-corrected chi connectivity index (χ2v) is 9.42. The first-order valence-corrected chi connectivity index (χ1v) is 11.5. The highest BCUT2D eigenvalue weighted by atomic mass is 32.2. The number of pyridine rings is 1. The molecule has 5 nitrogen and oxygen atoms in total. The normalized spacial score (nSPS) is 15.9. The van der Waals surface area contributed by atoms with Crippen LogP contribution in [0.15, 0.2) is 59.8 Å². The molecule has 0 unspecified atom stereocenters. The average Bonchev–Trinajstić information content (AvgIpc) is 3.12. The molecule has 3 heterocycles. The van der Waals surface area contributed by atoms with Crippen LogP contribution in [0, 0.1) is 0 Å². The summed E-state index contributed by atoms with van der Waals surface area (Å²) in [5.41, 5.74) is 1.95. The van der Waals surface area contributed by atoms with E-state index < -0.39 is 21.8 Å². The molecule has 0 N–H and O–H groups in total. The largest absolute Gasteiger partial charge is 0.416 e. The van der Waals surface area contributed by atoms with Gasteiger partial charge in [0, 0.05) is 43.0 Å². The molecule has 0 fully saturated rings. The molecular weight excluding hydrogens is 427 g/mol. The molecule has 1 aliphatic heterocycles. The van der Waals surface area contributed by atoms with Crippen molar-refractivity contribution in [3.63, 3.8) is 0 Å². The molecule has 164 valence electrons. The predicted octanol–water partition coefficient (Wildman–Crippen LogP) is 4.94. The molecule has 0 bridgehead atoms. The molecule has 3 aromatic rings. The first-order valence-electron chi connectivity index (χ1n) is 10.0. The number of halogens is 3. The lowest BCUT2D eigenvalue weighted by Gasteiger charge is -2.26. The summed E-state index contributed by atoms with van der Waals surface area (Å²) in [6.45, 7) is 3.22. The van der Waals surface area contributed by atoms with Crippen molar-refractivity contribution in [2.45, 2.75) is 37.4 Å². The molecule has 0 amide bonds. The Bertz CT molecular complexity index is 1250. The molecule has 2 aromatic heterocycles. The summed E-state index contributed by atoms with van der Waals surface area (Å²) < 4.78 is 68.2. The SMILES string of the molecule is CCCn1cc(C2=CCN(S(=O)(=O)c3cccc(C(F)(F)F)c3)CC2)c2cccnc21. The summed E-state index contributed by atoms with van der Waals surface area (Å²) in [5.74, 6) is 0. The van der Waals surface area contributed by atoms with Crippen LogP contribution in [0.25, 0.3) is 16.6 Å². The van der Waals surface area contributed by atoms with E-state index in [0.29, 0.717) is 12.5 Å². The van der Waals surface area contributed by atoms with Gasteiger partial charge in [-0.15, -0.1) is 0 Å². The number of hydrogen-bond acceptors (Lipinski definition) is 3. The monoisotopic (exact) mass is 449 g/mol. The fourth-order valence-electron chi connectivity index (χ4n) is 3.89. The number of fused-ring (bicyclic) bond motifs is 1. The molecule has 4 rings (SSSR count). The van der Waals surface area contributed by atoms with E-state index in [0.717, 1.165) is 47.3 Å². The molecule has 0 saturated carbocycles. The van der Waals surface area contributed by atoms with Crippen molar-refractivity contribution in [2.24, 2.45) is 0 Å². The van der Waals surface area contributed by atoms with E-state index in [1.165, 1.54) is 10.4 Å². The smallest absolute Gasteiger partial charge is 0.332 e. The van der Waals surface area contributed by atoms with Gasteiger partial charge in [0.25, 0.3) is 0 Å². The Morgan fingerprint density at radius 1 is 1.16 bits per heavy atom. The number of hydrogen-bond donors (Lipinski definition) is 0. The fourth-order valence-corrected chi connectivity index (χ4v) is 5.31. The lowest BCUT2D eigenvalue weighted by molar-refractivity contribution is -0.137. The van der Waals surface area contributed by atoms with Crippen LogP contribution in [0.5, 0.6) is 0 Å². The molecule has 0 aliphatic carbocycles. The van der Waals surface area contributed by atoms with Crippen molar-refractivity contribution in [3.8, 4) is 0 Å². The Kier molecular flexibility index (Phi) is 5.65. The summed E-state index contributed by atoms with van der Waals surface area (Å²) in [7, 11) is -4.03. The molecule has 0 spiro atoms. The maximum absolute atomic E-state index is 13.0. The van der Waals surface area contributed by atoms with Gasteiger partial charge in [-0.25, -0.2) is 13.4 Å². The van der Waals surface area contributed by atoms with E-state index in [-0.39, 0.29) is 18.0 Å². The molecule has 0 saturated heterocycles. The first-order chi connectivity index (χ1) is 14.7. The minimum Gasteiger partial charge on any atom is -0.332 e. The van der Waals surface area contributed by atoms with Gasteiger partial charge in [0.15, 0.2) is 0 Å². The molecule has 0 atom stereocenters. The lowest BCUT2D eigenvalue weighted by atomic mass is 10.0. The Morgan fingerprint density at radius 3 is 2.65 bits per heavy atom. The second kappa shape index (κ2) is 8.12. The predicted molar refractivity (Wildman–Crippen MR) is 113 cm³/mol. The average molecular weight is 449 g/mol. The van der Waals surface area contributed by atoms with E-state index in [9.17, 15) is 21.6 Å². The maximum atomic E-state index is 13.0. The van der Waals surface area contributed by atoms with Crippen LogP contribution in [0.4, 0.5) is 13.2 Å². The van der Waals surface area contributed by atoms with E-state index in [4.69, 9.17) is 0 Å². The second-order valence-electron chi connectivity index (χ2n) is 7.48. The van der Waals surface area contributed by atoms with Crippen LogP contribution >= 0.6 is 0 Å². The quantitative estimate of drug-likeness (QED) is 0.554. The van der Waals surface area contributed by atoms with Crippen LogP contribution in [-0.2, 0) is 22.7 Å². The van der Waals surface area contributed by atoms with Gasteiger partial charge in [-0.3, -0.25) is 0 Å². The van der Waals surface area contributed by atoms with Gasteiger partial charge in [0.1, 0.15) is 5.65 Å². The third-order valence-corrected chi connectivity index (χ3v) is 7.28. The number of benzene rings is 1. The van der Waals surface area contributed by atoms with Gasteiger partial charge in [-0.1, -0.05) is 19.1 Å². The Hall–Kier alpha value is -2.65. The van der Waals surface area contributed by atoms with E-state index in [1.54, 1.807) is 6.20 Å². The van der Waals surface area contributed by atoms with Crippen molar-refractivity contribution < 1.29 is 21.6 Å². The zero-order valence-corrected chi connectivity index (χ0v) is 17.7. The molecule has 0 radical (unpaired) electrons. The topological polar surface area (TPSA) is 55.2 Å². The van der Waals surface area contributed by atoms with Crippen LogP contribution < -0.4 is 0 Å². The Morgan fingerprint density at radius 2 is 1.97 bits per heavy atom. The van der Waals surface area contributed by atoms with Gasteiger partial charge in [-0.05, 0) is 48.7 Å². The molecule has 9 heteroatoms. The fraction of sp³-hybridized carbons (Fsp3) is 0.318. The zero-order valence-electron chi connectivity index (χ0n) is 16.9. The number of aryl methyl sites for hydroxylation is 1. The van der Waals surface area contributed by atoms with Gasteiger partial charge in [-0.2, -0.15) is 17.5 Å². The third-order valence-electron chi connectivity index (χ3n) is 5.42. The van der Waals surface area contributed by atoms with Gasteiger partial charge >= 0.3 is 6.18 Å². The number of sulfonamides is 1. The van der Waals surface area contributed by atoms with E-state index in [2.05, 4.69) is 16.5 Å². The highest BCUT2D eigenvalue weighted by molar-refractivity contribution is 7.89. The van der Waals surface area contributed by atoms with Crippen molar-refractivity contribution >= 4 is 26.6 Å². The Balaban J connectivity index is 1.62. The summed E-state index contributed by atoms with van der Waals surface area (Å²) in [4.78, 5) is 4.13. The highest BCUT2D eigenvalue weighted by Gasteiger charge is 2.33. The number of nitrogens with zero attached hydrogens (tertiary/aromatic N) is 3. The van der Waals surface area contributed by atoms with Crippen molar-refractivity contribution in [2.75, 3.05) is 13.1 Å². The first kappa shape index (κ1) is 21.6.